The highest BCUT2D eigenvalue weighted by Crippen LogP contribution is 2.30. The summed E-state index contributed by atoms with van der Waals surface area (Å²) in [5.41, 5.74) is 0.926. The maximum absolute atomic E-state index is 12.8. The minimum Gasteiger partial charge on any atom is -0.479 e. The number of carboxylic acid groups (broad SMARTS) is 2. The first-order valence-corrected chi connectivity index (χ1v) is 12.0. The number of aliphatic carboxylic acids is 2. The number of likely N-dealkylation sites (N-methyl/N-ethyl adjacent to an activating group) is 1. The zero-order valence-electron chi connectivity index (χ0n) is 19.1. The minimum absolute atomic E-state index is 0.171. The summed E-state index contributed by atoms with van der Waals surface area (Å²) in [7, 11) is 1.97. The topological polar surface area (TPSA) is 139 Å². The molecule has 1 aliphatic carbocycles. The maximum atomic E-state index is 12.8. The van der Waals surface area contributed by atoms with Crippen molar-refractivity contribution in [3.8, 4) is 0 Å². The van der Waals surface area contributed by atoms with Crippen molar-refractivity contribution in [2.24, 2.45) is 0 Å². The van der Waals surface area contributed by atoms with Gasteiger partial charge in [0, 0.05) is 19.1 Å². The first-order chi connectivity index (χ1) is 16.0. The smallest absolute Gasteiger partial charge is 0.335 e. The first-order valence-electron chi connectivity index (χ1n) is 11.3. The molecule has 1 saturated heterocycles. The van der Waals surface area contributed by atoms with Crippen LogP contribution < -0.4 is 0 Å². The van der Waals surface area contributed by atoms with Crippen LogP contribution in [0.5, 0.6) is 0 Å². The van der Waals surface area contributed by atoms with Gasteiger partial charge in [0.05, 0.1) is 16.5 Å². The normalized spacial score (nSPS) is 22.3. The molecule has 1 aliphatic heterocycles. The van der Waals surface area contributed by atoms with Crippen molar-refractivity contribution in [1.82, 2.24) is 9.80 Å². The molecule has 4 N–H and O–H groups in total. The Balaban J connectivity index is 0.000000347. The highest BCUT2D eigenvalue weighted by Gasteiger charge is 2.35. The lowest BCUT2D eigenvalue weighted by Gasteiger charge is -2.42. The van der Waals surface area contributed by atoms with E-state index < -0.39 is 24.1 Å². The summed E-state index contributed by atoms with van der Waals surface area (Å²) >= 11 is 12.0. The molecule has 0 aromatic heterocycles. The van der Waals surface area contributed by atoms with E-state index in [-0.39, 0.29) is 5.91 Å². The third-order valence-corrected chi connectivity index (χ3v) is 7.08. The van der Waals surface area contributed by atoms with Crippen LogP contribution in [0, 0.1) is 0 Å². The number of aliphatic hydroxyl groups excluding tert-OH is 2. The fourth-order valence-electron chi connectivity index (χ4n) is 4.45. The van der Waals surface area contributed by atoms with Crippen LogP contribution >= 0.6 is 23.2 Å². The lowest BCUT2D eigenvalue weighted by Crippen LogP contribution is -2.53. The van der Waals surface area contributed by atoms with Gasteiger partial charge in [0.15, 0.2) is 12.2 Å². The van der Waals surface area contributed by atoms with Crippen molar-refractivity contribution >= 4 is 41.0 Å². The van der Waals surface area contributed by atoms with Crippen molar-refractivity contribution in [1.29, 1.82) is 0 Å². The molecule has 190 valence electrons. The van der Waals surface area contributed by atoms with Crippen molar-refractivity contribution < 1.29 is 34.8 Å². The lowest BCUT2D eigenvalue weighted by atomic mass is 9.88. The number of nitrogens with zero attached hydrogens (tertiary/aromatic N) is 2. The van der Waals surface area contributed by atoms with Crippen molar-refractivity contribution in [3.63, 3.8) is 0 Å². The Morgan fingerprint density at radius 3 is 2.06 bits per heavy atom. The number of aliphatic hydroxyl groups is 2. The monoisotopic (exact) mass is 518 g/mol. The molecule has 2 fully saturated rings. The van der Waals surface area contributed by atoms with Crippen molar-refractivity contribution in [2.75, 3.05) is 20.1 Å². The molecule has 3 rings (SSSR count). The molecule has 1 heterocycles. The summed E-state index contributed by atoms with van der Waals surface area (Å²) in [5, 5.41) is 33.6. The Kier molecular flexibility index (Phi) is 11.0. The quantitative estimate of drug-likeness (QED) is 0.431. The second kappa shape index (κ2) is 13.3. The van der Waals surface area contributed by atoms with E-state index in [1.807, 2.05) is 18.0 Å². The maximum Gasteiger partial charge on any atom is 0.335 e. The van der Waals surface area contributed by atoms with Gasteiger partial charge in [-0.3, -0.25) is 9.69 Å². The molecule has 2 aliphatic rings. The zero-order chi connectivity index (χ0) is 25.4. The molecule has 0 spiro atoms. The van der Waals surface area contributed by atoms with Gasteiger partial charge in [-0.2, -0.15) is 0 Å². The number of benzene rings is 1. The molecule has 11 heteroatoms. The Morgan fingerprint density at radius 1 is 0.971 bits per heavy atom. The molecule has 1 amide bonds. The average Bonchev–Trinajstić information content (AvgIpc) is 3.35. The van der Waals surface area contributed by atoms with Gasteiger partial charge in [0.1, 0.15) is 0 Å². The predicted octanol–water partition coefficient (Wildman–Crippen LogP) is 2.28. The number of hydrogen-bond donors (Lipinski definition) is 4. The lowest BCUT2D eigenvalue weighted by molar-refractivity contribution is -0.165. The molecular formula is C23H32Cl2N2O7. The summed E-state index contributed by atoms with van der Waals surface area (Å²) in [6.45, 7) is 2.38. The standard InChI is InChI=1S/C19H26Cl2N2O.C4H6O6/c1-22(19(24)13-14-8-9-15(20)16(21)12-14)17-6-2-3-7-18(17)23-10-4-5-11-23;5-1(3(7)8)2(6)4(9)10/h8-9,12,17-18H,2-7,10-11,13H2,1H3;1-2,5-6H,(H,7,8)(H,9,10)/t17-,18-;/m1./s1. The largest absolute Gasteiger partial charge is 0.479 e. The highest BCUT2D eigenvalue weighted by molar-refractivity contribution is 6.42. The fourth-order valence-corrected chi connectivity index (χ4v) is 4.77. The third kappa shape index (κ3) is 7.81. The van der Waals surface area contributed by atoms with E-state index in [9.17, 15) is 14.4 Å². The van der Waals surface area contributed by atoms with Gasteiger partial charge in [-0.05, 0) is 56.5 Å². The molecule has 0 bridgehead atoms. The Hall–Kier alpha value is -1.91. The van der Waals surface area contributed by atoms with Crippen LogP contribution in [0.3, 0.4) is 0 Å². The van der Waals surface area contributed by atoms with Crippen LogP contribution in [0.1, 0.15) is 44.1 Å². The number of amides is 1. The first kappa shape index (κ1) is 28.3. The predicted molar refractivity (Wildman–Crippen MR) is 127 cm³/mol. The van der Waals surface area contributed by atoms with Gasteiger partial charge in [0.2, 0.25) is 5.91 Å². The van der Waals surface area contributed by atoms with Crippen LogP contribution in [0.4, 0.5) is 0 Å². The van der Waals surface area contributed by atoms with Gasteiger partial charge < -0.3 is 25.3 Å². The molecule has 1 saturated carbocycles. The van der Waals surface area contributed by atoms with Gasteiger partial charge in [-0.15, -0.1) is 0 Å². The SMILES string of the molecule is CN(C(=O)Cc1ccc(Cl)c(Cl)c1)[C@@H]1CCCC[C@H]1N1CCCC1.O=C(O)C(O)C(O)C(=O)O. The van der Waals surface area contributed by atoms with Crippen LogP contribution in [-0.2, 0) is 20.8 Å². The number of likely N-dealkylation sites (tertiary alicyclic amines) is 1. The van der Waals surface area contributed by atoms with Gasteiger partial charge in [0.25, 0.3) is 0 Å². The summed E-state index contributed by atoms with van der Waals surface area (Å²) in [4.78, 5) is 36.9. The molecule has 34 heavy (non-hydrogen) atoms. The van der Waals surface area contributed by atoms with Crippen LogP contribution in [0.15, 0.2) is 18.2 Å². The second-order valence-corrected chi connectivity index (χ2v) is 9.47. The molecular weight excluding hydrogens is 487 g/mol. The van der Waals surface area contributed by atoms with Crippen LogP contribution in [0.2, 0.25) is 10.0 Å². The third-order valence-electron chi connectivity index (χ3n) is 6.34. The Bertz CT molecular complexity index is 846. The second-order valence-electron chi connectivity index (χ2n) is 8.66. The van der Waals surface area contributed by atoms with Gasteiger partial charge in [-0.1, -0.05) is 42.1 Å². The summed E-state index contributed by atoms with van der Waals surface area (Å²) < 4.78 is 0. The van der Waals surface area contributed by atoms with E-state index in [0.717, 1.165) is 12.0 Å². The number of carbonyl (C=O) groups excluding carboxylic acids is 1. The van der Waals surface area contributed by atoms with E-state index in [4.69, 9.17) is 43.6 Å². The average molecular weight is 519 g/mol. The number of halogens is 2. The van der Waals surface area contributed by atoms with E-state index in [2.05, 4.69) is 4.90 Å². The summed E-state index contributed by atoms with van der Waals surface area (Å²) in [6.07, 6.45) is 3.28. The van der Waals surface area contributed by atoms with Crippen LogP contribution in [0.25, 0.3) is 0 Å². The van der Waals surface area contributed by atoms with E-state index in [1.165, 1.54) is 45.2 Å². The van der Waals surface area contributed by atoms with Crippen molar-refractivity contribution in [2.45, 2.75) is 69.2 Å². The Labute approximate surface area is 208 Å². The molecule has 9 nitrogen and oxygen atoms in total. The molecule has 2 unspecified atom stereocenters. The number of rotatable bonds is 7. The minimum atomic E-state index is -2.27. The fraction of sp³-hybridized carbons (Fsp3) is 0.609. The molecule has 0 radical (unpaired) electrons. The number of carbonyl (C=O) groups is 3. The van der Waals surface area contributed by atoms with Gasteiger partial charge >= 0.3 is 11.9 Å². The van der Waals surface area contributed by atoms with E-state index >= 15 is 0 Å². The van der Waals surface area contributed by atoms with Crippen LogP contribution in [-0.4, -0.2) is 92.5 Å². The number of carboxylic acids is 2. The molecule has 1 aromatic rings. The Morgan fingerprint density at radius 2 is 1.53 bits per heavy atom. The van der Waals surface area contributed by atoms with E-state index in [1.54, 1.807) is 12.1 Å². The summed E-state index contributed by atoms with van der Waals surface area (Å²) in [5.74, 6) is -3.37. The highest BCUT2D eigenvalue weighted by atomic mass is 35.5. The van der Waals surface area contributed by atoms with Gasteiger partial charge in [-0.25, -0.2) is 9.59 Å². The molecule has 4 atom stereocenters. The molecule has 1 aromatic carbocycles. The number of hydrogen-bond acceptors (Lipinski definition) is 6. The van der Waals surface area contributed by atoms with E-state index in [0.29, 0.717) is 28.5 Å². The summed E-state index contributed by atoms with van der Waals surface area (Å²) in [6, 6.07) is 6.32. The zero-order valence-corrected chi connectivity index (χ0v) is 20.6. The van der Waals surface area contributed by atoms with Crippen molar-refractivity contribution in [3.05, 3.63) is 33.8 Å².